The molecule has 1 saturated heterocycles. The highest BCUT2D eigenvalue weighted by Crippen LogP contribution is 2.20. The summed E-state index contributed by atoms with van der Waals surface area (Å²) in [7, 11) is 0. The third kappa shape index (κ3) is 2.97. The second-order valence-corrected chi connectivity index (χ2v) is 5.31. The SMILES string of the molecule is CCC(CC)C(=O)N1CCC(Br)CC1. The molecular formula is C11H20BrNO. The number of hydrogen-bond acceptors (Lipinski definition) is 1. The normalized spacial score (nSPS) is 19.0. The van der Waals surface area contributed by atoms with Crippen LogP contribution in [0.4, 0.5) is 0 Å². The van der Waals surface area contributed by atoms with Crippen LogP contribution in [0.25, 0.3) is 0 Å². The molecule has 0 aromatic heterocycles. The lowest BCUT2D eigenvalue weighted by atomic mass is 10.00. The molecule has 0 aromatic rings. The van der Waals surface area contributed by atoms with Gasteiger partial charge in [0.15, 0.2) is 0 Å². The zero-order chi connectivity index (χ0) is 10.6. The molecule has 0 saturated carbocycles. The van der Waals surface area contributed by atoms with Gasteiger partial charge in [-0.05, 0) is 25.7 Å². The zero-order valence-corrected chi connectivity index (χ0v) is 10.7. The fourth-order valence-electron chi connectivity index (χ4n) is 1.96. The molecule has 0 bridgehead atoms. The maximum absolute atomic E-state index is 12.0. The molecule has 1 aliphatic heterocycles. The van der Waals surface area contributed by atoms with Gasteiger partial charge >= 0.3 is 0 Å². The Morgan fingerprint density at radius 3 is 2.29 bits per heavy atom. The van der Waals surface area contributed by atoms with Gasteiger partial charge in [-0.3, -0.25) is 4.79 Å². The number of nitrogens with zero attached hydrogens (tertiary/aromatic N) is 1. The Balaban J connectivity index is 2.44. The van der Waals surface area contributed by atoms with Crippen molar-refractivity contribution in [1.29, 1.82) is 0 Å². The summed E-state index contributed by atoms with van der Waals surface area (Å²) in [4.78, 5) is 14.6. The van der Waals surface area contributed by atoms with Gasteiger partial charge in [-0.1, -0.05) is 29.8 Å². The minimum Gasteiger partial charge on any atom is -0.342 e. The smallest absolute Gasteiger partial charge is 0.225 e. The highest BCUT2D eigenvalue weighted by atomic mass is 79.9. The van der Waals surface area contributed by atoms with Gasteiger partial charge < -0.3 is 4.90 Å². The fourth-order valence-corrected chi connectivity index (χ4v) is 2.37. The molecule has 1 rings (SSSR count). The summed E-state index contributed by atoms with van der Waals surface area (Å²) in [6.45, 7) is 6.07. The Hall–Kier alpha value is -0.0500. The first-order chi connectivity index (χ1) is 6.69. The Labute approximate surface area is 95.2 Å². The Bertz CT molecular complexity index is 184. The van der Waals surface area contributed by atoms with Gasteiger partial charge in [0.1, 0.15) is 0 Å². The molecule has 0 unspecified atom stereocenters. The zero-order valence-electron chi connectivity index (χ0n) is 9.13. The van der Waals surface area contributed by atoms with Crippen LogP contribution < -0.4 is 0 Å². The van der Waals surface area contributed by atoms with Crippen molar-refractivity contribution in [3.8, 4) is 0 Å². The predicted molar refractivity (Wildman–Crippen MR) is 62.6 cm³/mol. The number of likely N-dealkylation sites (tertiary alicyclic amines) is 1. The van der Waals surface area contributed by atoms with Crippen molar-refractivity contribution in [2.75, 3.05) is 13.1 Å². The maximum atomic E-state index is 12.0. The Morgan fingerprint density at radius 1 is 1.36 bits per heavy atom. The Kier molecular flexibility index (Phi) is 4.93. The monoisotopic (exact) mass is 261 g/mol. The number of piperidine rings is 1. The summed E-state index contributed by atoms with van der Waals surface area (Å²) in [5.41, 5.74) is 0. The molecule has 1 amide bonds. The number of halogens is 1. The van der Waals surface area contributed by atoms with Gasteiger partial charge in [-0.15, -0.1) is 0 Å². The molecule has 3 heteroatoms. The first-order valence-corrected chi connectivity index (χ1v) is 6.53. The average Bonchev–Trinajstić information content (AvgIpc) is 2.20. The number of amides is 1. The van der Waals surface area contributed by atoms with Crippen molar-refractivity contribution in [1.82, 2.24) is 4.90 Å². The third-order valence-corrected chi connectivity index (χ3v) is 3.99. The van der Waals surface area contributed by atoms with Crippen LogP contribution in [-0.4, -0.2) is 28.7 Å². The lowest BCUT2D eigenvalue weighted by Crippen LogP contribution is -2.41. The molecule has 2 nitrogen and oxygen atoms in total. The standard InChI is InChI=1S/C11H20BrNO/c1-3-9(4-2)11(14)13-7-5-10(12)6-8-13/h9-10H,3-8H2,1-2H3. The van der Waals surface area contributed by atoms with Crippen LogP contribution in [0.15, 0.2) is 0 Å². The van der Waals surface area contributed by atoms with Crippen LogP contribution in [0.3, 0.4) is 0 Å². The maximum Gasteiger partial charge on any atom is 0.225 e. The topological polar surface area (TPSA) is 20.3 Å². The van der Waals surface area contributed by atoms with Crippen LogP contribution in [-0.2, 0) is 4.79 Å². The van der Waals surface area contributed by atoms with Gasteiger partial charge in [-0.25, -0.2) is 0 Å². The highest BCUT2D eigenvalue weighted by molar-refractivity contribution is 9.09. The van der Waals surface area contributed by atoms with E-state index in [4.69, 9.17) is 0 Å². The number of rotatable bonds is 3. The number of hydrogen-bond donors (Lipinski definition) is 0. The average molecular weight is 262 g/mol. The second kappa shape index (κ2) is 5.74. The van der Waals surface area contributed by atoms with E-state index < -0.39 is 0 Å². The van der Waals surface area contributed by atoms with E-state index in [1.807, 2.05) is 4.90 Å². The molecule has 1 fully saturated rings. The summed E-state index contributed by atoms with van der Waals surface area (Å²) in [6, 6.07) is 0. The van der Waals surface area contributed by atoms with Gasteiger partial charge in [-0.2, -0.15) is 0 Å². The molecule has 0 atom stereocenters. The largest absolute Gasteiger partial charge is 0.342 e. The first kappa shape index (κ1) is 12.0. The minimum absolute atomic E-state index is 0.252. The van der Waals surface area contributed by atoms with Crippen LogP contribution in [0.2, 0.25) is 0 Å². The Morgan fingerprint density at radius 2 is 1.86 bits per heavy atom. The number of carbonyl (C=O) groups is 1. The van der Waals surface area contributed by atoms with E-state index in [-0.39, 0.29) is 5.92 Å². The van der Waals surface area contributed by atoms with Gasteiger partial charge in [0.2, 0.25) is 5.91 Å². The lowest BCUT2D eigenvalue weighted by molar-refractivity contribution is -0.136. The second-order valence-electron chi connectivity index (χ2n) is 4.01. The van der Waals surface area contributed by atoms with Crippen LogP contribution >= 0.6 is 15.9 Å². The summed E-state index contributed by atoms with van der Waals surface area (Å²) in [5, 5.41) is 0. The van der Waals surface area contributed by atoms with E-state index in [0.29, 0.717) is 10.7 Å². The molecule has 0 N–H and O–H groups in total. The molecule has 14 heavy (non-hydrogen) atoms. The molecule has 82 valence electrons. The lowest BCUT2D eigenvalue weighted by Gasteiger charge is -2.32. The van der Waals surface area contributed by atoms with E-state index in [2.05, 4.69) is 29.8 Å². The molecule has 0 radical (unpaired) electrons. The van der Waals surface area contributed by atoms with Crippen molar-refractivity contribution in [3.05, 3.63) is 0 Å². The third-order valence-electron chi connectivity index (χ3n) is 3.07. The van der Waals surface area contributed by atoms with E-state index in [0.717, 1.165) is 38.8 Å². The van der Waals surface area contributed by atoms with Gasteiger partial charge in [0, 0.05) is 23.8 Å². The molecule has 0 aliphatic carbocycles. The van der Waals surface area contributed by atoms with E-state index in [1.54, 1.807) is 0 Å². The van der Waals surface area contributed by atoms with Crippen LogP contribution in [0, 0.1) is 5.92 Å². The summed E-state index contributed by atoms with van der Waals surface area (Å²) >= 11 is 3.60. The summed E-state index contributed by atoms with van der Waals surface area (Å²) in [5.74, 6) is 0.622. The van der Waals surface area contributed by atoms with Crippen LogP contribution in [0.1, 0.15) is 39.5 Å². The quantitative estimate of drug-likeness (QED) is 0.716. The number of alkyl halides is 1. The molecular weight excluding hydrogens is 242 g/mol. The van der Waals surface area contributed by atoms with E-state index >= 15 is 0 Å². The summed E-state index contributed by atoms with van der Waals surface area (Å²) in [6.07, 6.45) is 4.16. The van der Waals surface area contributed by atoms with Crippen LogP contribution in [0.5, 0.6) is 0 Å². The predicted octanol–water partition coefficient (Wildman–Crippen LogP) is 2.81. The van der Waals surface area contributed by atoms with Gasteiger partial charge in [0.25, 0.3) is 0 Å². The fraction of sp³-hybridized carbons (Fsp3) is 0.909. The van der Waals surface area contributed by atoms with Crippen molar-refractivity contribution >= 4 is 21.8 Å². The van der Waals surface area contributed by atoms with E-state index in [9.17, 15) is 4.79 Å². The molecule has 1 aliphatic rings. The van der Waals surface area contributed by atoms with Gasteiger partial charge in [0.05, 0.1) is 0 Å². The minimum atomic E-state index is 0.252. The summed E-state index contributed by atoms with van der Waals surface area (Å²) < 4.78 is 0. The molecule has 1 heterocycles. The van der Waals surface area contributed by atoms with Crippen molar-refractivity contribution in [2.45, 2.75) is 44.4 Å². The van der Waals surface area contributed by atoms with Crippen molar-refractivity contribution < 1.29 is 4.79 Å². The number of carbonyl (C=O) groups excluding carboxylic acids is 1. The first-order valence-electron chi connectivity index (χ1n) is 5.61. The van der Waals surface area contributed by atoms with Crippen molar-refractivity contribution in [3.63, 3.8) is 0 Å². The highest BCUT2D eigenvalue weighted by Gasteiger charge is 2.25. The van der Waals surface area contributed by atoms with E-state index in [1.165, 1.54) is 0 Å². The molecule has 0 aromatic carbocycles. The molecule has 0 spiro atoms. The van der Waals surface area contributed by atoms with Crippen molar-refractivity contribution in [2.24, 2.45) is 5.92 Å².